The molecule has 0 N–H and O–H groups in total. The highest BCUT2D eigenvalue weighted by atomic mass is 32.2. The summed E-state index contributed by atoms with van der Waals surface area (Å²) in [5, 5.41) is 0. The molecule has 0 aliphatic carbocycles. The molecule has 0 radical (unpaired) electrons. The van der Waals surface area contributed by atoms with Crippen molar-refractivity contribution in [1.29, 1.82) is 0 Å². The van der Waals surface area contributed by atoms with E-state index in [0.29, 0.717) is 11.4 Å². The lowest BCUT2D eigenvalue weighted by molar-refractivity contribution is 0.413. The van der Waals surface area contributed by atoms with E-state index < -0.39 is 10.0 Å². The third-order valence-corrected chi connectivity index (χ3v) is 5.93. The average molecular weight is 383 g/mol. The number of hydrogen-bond acceptors (Lipinski definition) is 4. The molecule has 0 bridgehead atoms. The van der Waals surface area contributed by atoms with Gasteiger partial charge in [-0.3, -0.25) is 4.31 Å². The average Bonchev–Trinajstić information content (AvgIpc) is 2.73. The third-order valence-electron chi connectivity index (χ3n) is 4.16. The zero-order valence-corrected chi connectivity index (χ0v) is 16.0. The highest BCUT2D eigenvalue weighted by molar-refractivity contribution is 7.92. The maximum Gasteiger partial charge on any atom is 0.264 e. The van der Waals surface area contributed by atoms with Gasteiger partial charge in [0.15, 0.2) is 0 Å². The monoisotopic (exact) mass is 383 g/mol. The van der Waals surface area contributed by atoms with Crippen LogP contribution in [0.1, 0.15) is 5.56 Å². The first kappa shape index (κ1) is 18.8. The summed E-state index contributed by atoms with van der Waals surface area (Å²) in [4.78, 5) is 0.180. The van der Waals surface area contributed by atoms with Crippen LogP contribution in [0.15, 0.2) is 83.8 Å². The van der Waals surface area contributed by atoms with E-state index in [4.69, 9.17) is 9.47 Å². The zero-order valence-electron chi connectivity index (χ0n) is 15.2. The van der Waals surface area contributed by atoms with Gasteiger partial charge in [0.05, 0.1) is 31.3 Å². The summed E-state index contributed by atoms with van der Waals surface area (Å²) in [6.45, 7) is 0.202. The molecule has 0 saturated carbocycles. The minimum atomic E-state index is -3.78. The maximum atomic E-state index is 13.4. The summed E-state index contributed by atoms with van der Waals surface area (Å²) in [6.07, 6.45) is 0. The second-order valence-electron chi connectivity index (χ2n) is 5.87. The Balaban J connectivity index is 2.03. The number of para-hydroxylation sites is 1. The van der Waals surface area contributed by atoms with Gasteiger partial charge in [-0.25, -0.2) is 8.42 Å². The molecular weight excluding hydrogens is 362 g/mol. The van der Waals surface area contributed by atoms with Crippen LogP contribution in [0.5, 0.6) is 11.5 Å². The SMILES string of the molecule is COc1ccc(CN(c2ccccc2)S(=O)(=O)c2cccc(OC)c2)cc1. The molecule has 0 aliphatic heterocycles. The van der Waals surface area contributed by atoms with Gasteiger partial charge in [0, 0.05) is 6.07 Å². The molecule has 0 heterocycles. The molecule has 0 unspecified atom stereocenters. The Morgan fingerprint density at radius 3 is 2.07 bits per heavy atom. The van der Waals surface area contributed by atoms with Crippen LogP contribution in [-0.4, -0.2) is 22.6 Å². The van der Waals surface area contributed by atoms with Crippen molar-refractivity contribution in [2.45, 2.75) is 11.4 Å². The number of nitrogens with zero attached hydrogens (tertiary/aromatic N) is 1. The van der Waals surface area contributed by atoms with Crippen LogP contribution in [0.2, 0.25) is 0 Å². The zero-order chi connectivity index (χ0) is 19.3. The molecule has 0 spiro atoms. The van der Waals surface area contributed by atoms with Crippen LogP contribution >= 0.6 is 0 Å². The largest absolute Gasteiger partial charge is 0.497 e. The van der Waals surface area contributed by atoms with Gasteiger partial charge < -0.3 is 9.47 Å². The van der Waals surface area contributed by atoms with Crippen molar-refractivity contribution in [3.63, 3.8) is 0 Å². The molecule has 140 valence electrons. The van der Waals surface area contributed by atoms with Crippen LogP contribution in [0.25, 0.3) is 0 Å². The van der Waals surface area contributed by atoms with E-state index in [2.05, 4.69) is 0 Å². The van der Waals surface area contributed by atoms with E-state index in [-0.39, 0.29) is 11.4 Å². The summed E-state index contributed by atoms with van der Waals surface area (Å²) in [7, 11) is -0.671. The minimum Gasteiger partial charge on any atom is -0.497 e. The first-order valence-corrected chi connectivity index (χ1v) is 9.83. The fourth-order valence-electron chi connectivity index (χ4n) is 2.69. The lowest BCUT2D eigenvalue weighted by atomic mass is 10.2. The number of benzene rings is 3. The molecule has 27 heavy (non-hydrogen) atoms. The molecule has 5 nitrogen and oxygen atoms in total. The molecule has 0 aliphatic rings. The van der Waals surface area contributed by atoms with Crippen molar-refractivity contribution in [3.05, 3.63) is 84.4 Å². The van der Waals surface area contributed by atoms with Crippen molar-refractivity contribution in [3.8, 4) is 11.5 Å². The minimum absolute atomic E-state index is 0.180. The molecule has 0 aromatic heterocycles. The van der Waals surface area contributed by atoms with Gasteiger partial charge in [0.25, 0.3) is 10.0 Å². The number of ether oxygens (including phenoxy) is 2. The predicted molar refractivity (Wildman–Crippen MR) is 106 cm³/mol. The van der Waals surface area contributed by atoms with Gasteiger partial charge in [-0.1, -0.05) is 36.4 Å². The molecule has 3 aromatic carbocycles. The molecule has 0 saturated heterocycles. The third kappa shape index (κ3) is 4.23. The highest BCUT2D eigenvalue weighted by Gasteiger charge is 2.25. The Hall–Kier alpha value is -2.99. The molecule has 3 aromatic rings. The Labute approximate surface area is 159 Å². The molecule has 3 rings (SSSR count). The molecular formula is C21H21NO4S. The predicted octanol–water partition coefficient (Wildman–Crippen LogP) is 4.10. The van der Waals surface area contributed by atoms with Crippen LogP contribution in [0, 0.1) is 0 Å². The van der Waals surface area contributed by atoms with Gasteiger partial charge in [0.1, 0.15) is 11.5 Å². The fraction of sp³-hybridized carbons (Fsp3) is 0.143. The van der Waals surface area contributed by atoms with Crippen LogP contribution in [0.3, 0.4) is 0 Å². The van der Waals surface area contributed by atoms with Crippen LogP contribution in [-0.2, 0) is 16.6 Å². The summed E-state index contributed by atoms with van der Waals surface area (Å²) < 4.78 is 38.5. The van der Waals surface area contributed by atoms with E-state index in [1.54, 1.807) is 37.4 Å². The summed E-state index contributed by atoms with van der Waals surface area (Å²) in [5.74, 6) is 1.22. The number of sulfonamides is 1. The van der Waals surface area contributed by atoms with Gasteiger partial charge in [0.2, 0.25) is 0 Å². The Morgan fingerprint density at radius 1 is 0.778 bits per heavy atom. The van der Waals surface area contributed by atoms with Crippen molar-refractivity contribution in [1.82, 2.24) is 0 Å². The smallest absolute Gasteiger partial charge is 0.264 e. The Kier molecular flexibility index (Phi) is 5.66. The second kappa shape index (κ2) is 8.14. The summed E-state index contributed by atoms with van der Waals surface area (Å²) in [6, 6.07) is 22.9. The quantitative estimate of drug-likeness (QED) is 0.616. The number of anilines is 1. The molecule has 0 atom stereocenters. The van der Waals surface area contributed by atoms with Crippen molar-refractivity contribution in [2.24, 2.45) is 0 Å². The number of rotatable bonds is 7. The number of hydrogen-bond donors (Lipinski definition) is 0. The van der Waals surface area contributed by atoms with Gasteiger partial charge in [-0.2, -0.15) is 0 Å². The van der Waals surface area contributed by atoms with E-state index in [0.717, 1.165) is 11.3 Å². The van der Waals surface area contributed by atoms with Crippen LogP contribution < -0.4 is 13.8 Å². The van der Waals surface area contributed by atoms with Crippen LogP contribution in [0.4, 0.5) is 5.69 Å². The molecule has 0 fully saturated rings. The highest BCUT2D eigenvalue weighted by Crippen LogP contribution is 2.28. The van der Waals surface area contributed by atoms with Gasteiger partial charge in [-0.15, -0.1) is 0 Å². The van der Waals surface area contributed by atoms with E-state index in [1.165, 1.54) is 17.5 Å². The first-order valence-electron chi connectivity index (χ1n) is 8.39. The van der Waals surface area contributed by atoms with Crippen molar-refractivity contribution < 1.29 is 17.9 Å². The number of methoxy groups -OCH3 is 2. The van der Waals surface area contributed by atoms with E-state index in [1.807, 2.05) is 42.5 Å². The van der Waals surface area contributed by atoms with Gasteiger partial charge in [-0.05, 0) is 42.0 Å². The summed E-state index contributed by atoms with van der Waals surface area (Å²) >= 11 is 0. The van der Waals surface area contributed by atoms with E-state index >= 15 is 0 Å². The standard InChI is InChI=1S/C21H21NO4S/c1-25-19-13-11-17(12-14-19)16-22(18-7-4-3-5-8-18)27(23,24)21-10-6-9-20(15-21)26-2/h3-15H,16H2,1-2H3. The maximum absolute atomic E-state index is 13.4. The normalized spacial score (nSPS) is 11.0. The van der Waals surface area contributed by atoms with E-state index in [9.17, 15) is 8.42 Å². The van der Waals surface area contributed by atoms with Crippen molar-refractivity contribution >= 4 is 15.7 Å². The molecule has 6 heteroatoms. The first-order chi connectivity index (χ1) is 13.0. The lowest BCUT2D eigenvalue weighted by Crippen LogP contribution is -2.30. The van der Waals surface area contributed by atoms with Gasteiger partial charge >= 0.3 is 0 Å². The Bertz CT molecular complexity index is 986. The fourth-order valence-corrected chi connectivity index (χ4v) is 4.18. The second-order valence-corrected chi connectivity index (χ2v) is 7.74. The topological polar surface area (TPSA) is 55.8 Å². The Morgan fingerprint density at radius 2 is 1.44 bits per heavy atom. The molecule has 0 amide bonds. The lowest BCUT2D eigenvalue weighted by Gasteiger charge is -2.25. The van der Waals surface area contributed by atoms with Crippen molar-refractivity contribution in [2.75, 3.05) is 18.5 Å². The summed E-state index contributed by atoms with van der Waals surface area (Å²) in [5.41, 5.74) is 1.45.